The molecule has 0 aliphatic carbocycles. The standard InChI is InChI=1S/C20H30N4O4/c1-20(2,3)24(19(26)27)17(14-23-10-6-9-22-23)18(25)13-21-12-15-7-5-8-16(11-15)28-4/h5-11,17-18,21,25H,12-14H2,1-4H3,(H,26,27)/t17-,18+/m0/s1. The van der Waals surface area contributed by atoms with Gasteiger partial charge in [-0.25, -0.2) is 4.79 Å². The van der Waals surface area contributed by atoms with E-state index in [-0.39, 0.29) is 13.1 Å². The van der Waals surface area contributed by atoms with Crippen LogP contribution in [0.5, 0.6) is 5.75 Å². The van der Waals surface area contributed by atoms with Crippen molar-refractivity contribution in [1.29, 1.82) is 0 Å². The monoisotopic (exact) mass is 390 g/mol. The number of ether oxygens (including phenoxy) is 1. The van der Waals surface area contributed by atoms with Gasteiger partial charge in [-0.3, -0.25) is 9.58 Å². The van der Waals surface area contributed by atoms with Crippen LogP contribution < -0.4 is 10.1 Å². The summed E-state index contributed by atoms with van der Waals surface area (Å²) in [7, 11) is 1.61. The Morgan fingerprint density at radius 2 is 2.11 bits per heavy atom. The molecular weight excluding hydrogens is 360 g/mol. The fraction of sp³-hybridized carbons (Fsp3) is 0.500. The van der Waals surface area contributed by atoms with E-state index >= 15 is 0 Å². The average molecular weight is 390 g/mol. The van der Waals surface area contributed by atoms with Crippen molar-refractivity contribution in [2.45, 2.75) is 51.5 Å². The highest BCUT2D eigenvalue weighted by Crippen LogP contribution is 2.21. The van der Waals surface area contributed by atoms with E-state index < -0.39 is 23.8 Å². The average Bonchev–Trinajstić information content (AvgIpc) is 3.13. The lowest BCUT2D eigenvalue weighted by molar-refractivity contribution is -0.000722. The number of hydrogen-bond donors (Lipinski definition) is 3. The van der Waals surface area contributed by atoms with Crippen LogP contribution in [0.4, 0.5) is 4.79 Å². The maximum Gasteiger partial charge on any atom is 0.408 e. The zero-order valence-corrected chi connectivity index (χ0v) is 16.9. The Morgan fingerprint density at radius 1 is 1.36 bits per heavy atom. The molecule has 2 aromatic rings. The Balaban J connectivity index is 2.09. The number of amides is 1. The van der Waals surface area contributed by atoms with Crippen molar-refractivity contribution >= 4 is 6.09 Å². The number of methoxy groups -OCH3 is 1. The smallest absolute Gasteiger partial charge is 0.408 e. The lowest BCUT2D eigenvalue weighted by Crippen LogP contribution is -2.58. The molecule has 1 amide bonds. The molecule has 0 unspecified atom stereocenters. The van der Waals surface area contributed by atoms with Gasteiger partial charge in [0.05, 0.1) is 25.8 Å². The number of benzene rings is 1. The summed E-state index contributed by atoms with van der Waals surface area (Å²) in [5.74, 6) is 0.765. The number of aromatic nitrogens is 2. The largest absolute Gasteiger partial charge is 0.497 e. The molecule has 1 aromatic carbocycles. The van der Waals surface area contributed by atoms with Crippen LogP contribution in [0.25, 0.3) is 0 Å². The van der Waals surface area contributed by atoms with Crippen LogP contribution >= 0.6 is 0 Å². The van der Waals surface area contributed by atoms with Gasteiger partial charge in [0.2, 0.25) is 0 Å². The summed E-state index contributed by atoms with van der Waals surface area (Å²) in [5.41, 5.74) is 0.346. The van der Waals surface area contributed by atoms with Crippen molar-refractivity contribution in [3.05, 3.63) is 48.3 Å². The quantitative estimate of drug-likeness (QED) is 0.607. The summed E-state index contributed by atoms with van der Waals surface area (Å²) in [6, 6.07) is 8.76. The lowest BCUT2D eigenvalue weighted by Gasteiger charge is -2.41. The molecule has 1 heterocycles. The van der Waals surface area contributed by atoms with Gasteiger partial charge in [0, 0.05) is 31.0 Å². The molecule has 8 nitrogen and oxygen atoms in total. The molecule has 3 N–H and O–H groups in total. The molecule has 28 heavy (non-hydrogen) atoms. The molecule has 0 spiro atoms. The first-order valence-corrected chi connectivity index (χ1v) is 9.23. The van der Waals surface area contributed by atoms with Crippen LogP contribution in [0, 0.1) is 0 Å². The fourth-order valence-electron chi connectivity index (χ4n) is 3.18. The van der Waals surface area contributed by atoms with Gasteiger partial charge in [-0.05, 0) is 44.5 Å². The van der Waals surface area contributed by atoms with Gasteiger partial charge in [-0.15, -0.1) is 0 Å². The van der Waals surface area contributed by atoms with Crippen molar-refractivity contribution < 1.29 is 19.7 Å². The molecule has 8 heteroatoms. The molecule has 2 rings (SSSR count). The van der Waals surface area contributed by atoms with Gasteiger partial charge in [-0.2, -0.15) is 5.10 Å². The molecule has 0 bridgehead atoms. The normalized spacial score (nSPS) is 13.8. The Morgan fingerprint density at radius 3 is 2.68 bits per heavy atom. The summed E-state index contributed by atoms with van der Waals surface area (Å²) in [6.07, 6.45) is 1.40. The van der Waals surface area contributed by atoms with E-state index in [1.807, 2.05) is 45.0 Å². The van der Waals surface area contributed by atoms with E-state index in [1.165, 1.54) is 4.90 Å². The third-order valence-corrected chi connectivity index (χ3v) is 4.45. The molecule has 0 saturated carbocycles. The van der Waals surface area contributed by atoms with Crippen molar-refractivity contribution in [3.63, 3.8) is 0 Å². The van der Waals surface area contributed by atoms with Gasteiger partial charge >= 0.3 is 6.09 Å². The van der Waals surface area contributed by atoms with Gasteiger partial charge in [0.25, 0.3) is 0 Å². The van der Waals surface area contributed by atoms with Crippen LogP contribution in [0.2, 0.25) is 0 Å². The molecule has 0 fully saturated rings. The predicted octanol–water partition coefficient (Wildman–Crippen LogP) is 2.19. The summed E-state index contributed by atoms with van der Waals surface area (Å²) in [6.45, 7) is 6.47. The number of aliphatic hydroxyl groups is 1. The van der Waals surface area contributed by atoms with Gasteiger partial charge < -0.3 is 20.3 Å². The summed E-state index contributed by atoms with van der Waals surface area (Å²) < 4.78 is 6.85. The molecular formula is C20H30N4O4. The maximum atomic E-state index is 11.9. The highest BCUT2D eigenvalue weighted by atomic mass is 16.5. The van der Waals surface area contributed by atoms with Crippen molar-refractivity contribution in [2.75, 3.05) is 13.7 Å². The van der Waals surface area contributed by atoms with Gasteiger partial charge in [0.1, 0.15) is 5.75 Å². The first kappa shape index (κ1) is 21.7. The highest BCUT2D eigenvalue weighted by Gasteiger charge is 2.37. The summed E-state index contributed by atoms with van der Waals surface area (Å²) in [4.78, 5) is 13.2. The number of hydrogen-bond acceptors (Lipinski definition) is 5. The highest BCUT2D eigenvalue weighted by molar-refractivity contribution is 5.66. The third-order valence-electron chi connectivity index (χ3n) is 4.45. The molecule has 0 aliphatic heterocycles. The molecule has 2 atom stereocenters. The van der Waals surface area contributed by atoms with Crippen molar-refractivity contribution in [1.82, 2.24) is 20.0 Å². The van der Waals surface area contributed by atoms with Crippen LogP contribution in [0.3, 0.4) is 0 Å². The molecule has 0 radical (unpaired) electrons. The molecule has 0 aliphatic rings. The predicted molar refractivity (Wildman–Crippen MR) is 106 cm³/mol. The summed E-state index contributed by atoms with van der Waals surface area (Å²) in [5, 5.41) is 28.0. The van der Waals surface area contributed by atoms with E-state index in [0.29, 0.717) is 6.54 Å². The molecule has 154 valence electrons. The number of carbonyl (C=O) groups is 1. The molecule has 0 saturated heterocycles. The fourth-order valence-corrected chi connectivity index (χ4v) is 3.18. The minimum Gasteiger partial charge on any atom is -0.497 e. The maximum absolute atomic E-state index is 11.9. The zero-order valence-electron chi connectivity index (χ0n) is 16.9. The Kier molecular flexibility index (Phi) is 7.42. The number of nitrogens with one attached hydrogen (secondary N) is 1. The van der Waals surface area contributed by atoms with Crippen LogP contribution in [-0.2, 0) is 13.1 Å². The van der Waals surface area contributed by atoms with E-state index in [0.717, 1.165) is 11.3 Å². The topological polar surface area (TPSA) is 99.9 Å². The van der Waals surface area contributed by atoms with Gasteiger partial charge in [-0.1, -0.05) is 12.1 Å². The van der Waals surface area contributed by atoms with Crippen molar-refractivity contribution in [3.8, 4) is 5.75 Å². The zero-order chi connectivity index (χ0) is 20.7. The first-order valence-electron chi connectivity index (χ1n) is 9.23. The lowest BCUT2D eigenvalue weighted by atomic mass is 10.00. The Hall–Kier alpha value is -2.58. The second kappa shape index (κ2) is 9.57. The molecule has 1 aromatic heterocycles. The van der Waals surface area contributed by atoms with E-state index in [4.69, 9.17) is 4.74 Å². The number of carboxylic acid groups (broad SMARTS) is 1. The minimum atomic E-state index is -1.07. The van der Waals surface area contributed by atoms with Crippen molar-refractivity contribution in [2.24, 2.45) is 0 Å². The first-order chi connectivity index (χ1) is 13.2. The third kappa shape index (κ3) is 5.97. The number of nitrogens with zero attached hydrogens (tertiary/aromatic N) is 3. The van der Waals surface area contributed by atoms with Crippen LogP contribution in [0.15, 0.2) is 42.7 Å². The van der Waals surface area contributed by atoms with Crippen LogP contribution in [0.1, 0.15) is 26.3 Å². The minimum absolute atomic E-state index is 0.239. The number of aliphatic hydroxyl groups excluding tert-OH is 1. The second-order valence-corrected chi connectivity index (χ2v) is 7.67. The second-order valence-electron chi connectivity index (χ2n) is 7.67. The van der Waals surface area contributed by atoms with Gasteiger partial charge in [0.15, 0.2) is 0 Å². The Bertz CT molecular complexity index is 743. The Labute approximate surface area is 165 Å². The van der Waals surface area contributed by atoms with E-state index in [9.17, 15) is 15.0 Å². The van der Waals surface area contributed by atoms with Crippen LogP contribution in [-0.4, -0.2) is 62.3 Å². The van der Waals surface area contributed by atoms with E-state index in [2.05, 4.69) is 10.4 Å². The van der Waals surface area contributed by atoms with E-state index in [1.54, 1.807) is 30.3 Å². The summed E-state index contributed by atoms with van der Waals surface area (Å²) >= 11 is 0. The number of rotatable bonds is 9. The SMILES string of the molecule is COc1cccc(CNC[C@@H](O)[C@H](Cn2cccn2)N(C(=O)O)C(C)(C)C)c1.